The van der Waals surface area contributed by atoms with Crippen LogP contribution in [0.2, 0.25) is 0 Å². The molecule has 0 amide bonds. The van der Waals surface area contributed by atoms with E-state index in [2.05, 4.69) is 31.4 Å². The lowest BCUT2D eigenvalue weighted by Gasteiger charge is -2.47. The summed E-state index contributed by atoms with van der Waals surface area (Å²) < 4.78 is 6.05. The summed E-state index contributed by atoms with van der Waals surface area (Å²) in [7, 11) is 0. The molecule has 2 saturated heterocycles. The van der Waals surface area contributed by atoms with Gasteiger partial charge in [0.15, 0.2) is 0 Å². The second-order valence-corrected chi connectivity index (χ2v) is 5.92. The van der Waals surface area contributed by atoms with Gasteiger partial charge in [0, 0.05) is 18.0 Å². The van der Waals surface area contributed by atoms with Crippen molar-refractivity contribution in [1.82, 2.24) is 10.6 Å². The van der Waals surface area contributed by atoms with E-state index >= 15 is 0 Å². The van der Waals surface area contributed by atoms with Crippen LogP contribution in [0.4, 0.5) is 0 Å². The first-order valence-corrected chi connectivity index (χ1v) is 6.14. The Kier molecular flexibility index (Phi) is 4.64. The Morgan fingerprint density at radius 2 is 1.94 bits per heavy atom. The molecule has 0 bridgehead atoms. The Labute approximate surface area is 105 Å². The van der Waals surface area contributed by atoms with Crippen LogP contribution in [0.15, 0.2) is 0 Å². The smallest absolute Gasteiger partial charge is 0.131 e. The van der Waals surface area contributed by atoms with Crippen molar-refractivity contribution < 1.29 is 4.74 Å². The lowest BCUT2D eigenvalue weighted by molar-refractivity contribution is -0.147. The molecule has 0 aromatic rings. The van der Waals surface area contributed by atoms with Gasteiger partial charge in [-0.15, -0.1) is 12.4 Å². The van der Waals surface area contributed by atoms with E-state index in [-0.39, 0.29) is 23.5 Å². The Bertz CT molecular complexity index is 217. The summed E-state index contributed by atoms with van der Waals surface area (Å²) >= 11 is 0. The fourth-order valence-electron chi connectivity index (χ4n) is 2.41. The average Bonchev–Trinajstić information content (AvgIpc) is 2.24. The minimum absolute atomic E-state index is 0. The number of hydrogen-bond donors (Lipinski definition) is 2. The second kappa shape index (κ2) is 5.21. The first kappa shape index (κ1) is 14.2. The van der Waals surface area contributed by atoms with Crippen LogP contribution in [0, 0.1) is 5.41 Å². The van der Waals surface area contributed by atoms with Gasteiger partial charge in [-0.05, 0) is 26.3 Å². The predicted molar refractivity (Wildman–Crippen MR) is 69.0 cm³/mol. The van der Waals surface area contributed by atoms with Crippen molar-refractivity contribution in [2.75, 3.05) is 19.7 Å². The van der Waals surface area contributed by atoms with Crippen LogP contribution in [0.5, 0.6) is 0 Å². The fraction of sp³-hybridized carbons (Fsp3) is 1.00. The zero-order valence-electron chi connectivity index (χ0n) is 10.6. The van der Waals surface area contributed by atoms with Crippen LogP contribution < -0.4 is 10.6 Å². The zero-order valence-corrected chi connectivity index (χ0v) is 11.5. The van der Waals surface area contributed by atoms with E-state index in [1.807, 2.05) is 0 Å². The summed E-state index contributed by atoms with van der Waals surface area (Å²) in [6.45, 7) is 9.71. The molecule has 2 aliphatic rings. The summed E-state index contributed by atoms with van der Waals surface area (Å²) in [4.78, 5) is 0. The first-order chi connectivity index (χ1) is 7.02. The normalized spacial score (nSPS) is 38.8. The number of rotatable bonds is 1. The SMILES string of the molecule is CC1(C)CNC(C)(C2CCCCN2)OC1.Cl. The van der Waals surface area contributed by atoms with Gasteiger partial charge >= 0.3 is 0 Å². The molecule has 96 valence electrons. The van der Waals surface area contributed by atoms with E-state index in [4.69, 9.17) is 4.74 Å². The van der Waals surface area contributed by atoms with E-state index in [1.54, 1.807) is 0 Å². The number of nitrogens with one attached hydrogen (secondary N) is 2. The van der Waals surface area contributed by atoms with Crippen molar-refractivity contribution in [3.8, 4) is 0 Å². The van der Waals surface area contributed by atoms with E-state index in [0.29, 0.717) is 6.04 Å². The Balaban J connectivity index is 0.00000128. The third kappa shape index (κ3) is 3.10. The van der Waals surface area contributed by atoms with E-state index in [9.17, 15) is 0 Å². The van der Waals surface area contributed by atoms with Gasteiger partial charge in [-0.3, -0.25) is 5.32 Å². The highest BCUT2D eigenvalue weighted by atomic mass is 35.5. The predicted octanol–water partition coefficient (Wildman–Crippen LogP) is 1.91. The van der Waals surface area contributed by atoms with Crippen molar-refractivity contribution in [2.45, 2.75) is 51.8 Å². The van der Waals surface area contributed by atoms with E-state index < -0.39 is 0 Å². The van der Waals surface area contributed by atoms with Crippen LogP contribution in [-0.2, 0) is 4.74 Å². The van der Waals surface area contributed by atoms with Gasteiger partial charge in [0.05, 0.1) is 6.61 Å². The van der Waals surface area contributed by atoms with Crippen molar-refractivity contribution in [1.29, 1.82) is 0 Å². The molecule has 2 fully saturated rings. The summed E-state index contributed by atoms with van der Waals surface area (Å²) in [6, 6.07) is 0.474. The van der Waals surface area contributed by atoms with Gasteiger partial charge in [-0.2, -0.15) is 0 Å². The lowest BCUT2D eigenvalue weighted by atomic mass is 9.88. The molecule has 2 rings (SSSR count). The number of hydrogen-bond acceptors (Lipinski definition) is 3. The van der Waals surface area contributed by atoms with Gasteiger partial charge in [-0.25, -0.2) is 0 Å². The summed E-state index contributed by atoms with van der Waals surface area (Å²) in [5.74, 6) is 0. The maximum absolute atomic E-state index is 6.05. The molecular weight excluding hydrogens is 224 g/mol. The highest BCUT2D eigenvalue weighted by Crippen LogP contribution is 2.29. The molecule has 0 radical (unpaired) electrons. The van der Waals surface area contributed by atoms with Gasteiger partial charge in [0.1, 0.15) is 5.72 Å². The summed E-state index contributed by atoms with van der Waals surface area (Å²) in [5, 5.41) is 7.14. The summed E-state index contributed by atoms with van der Waals surface area (Å²) in [6.07, 6.45) is 3.85. The van der Waals surface area contributed by atoms with Crippen LogP contribution >= 0.6 is 12.4 Å². The van der Waals surface area contributed by atoms with Crippen LogP contribution in [0.25, 0.3) is 0 Å². The fourth-order valence-corrected chi connectivity index (χ4v) is 2.41. The Morgan fingerprint density at radius 1 is 1.19 bits per heavy atom. The third-order valence-electron chi connectivity index (χ3n) is 3.66. The Morgan fingerprint density at radius 3 is 2.44 bits per heavy atom. The third-order valence-corrected chi connectivity index (χ3v) is 3.66. The largest absolute Gasteiger partial charge is 0.359 e. The van der Waals surface area contributed by atoms with Gasteiger partial charge in [0.2, 0.25) is 0 Å². The number of ether oxygens (including phenoxy) is 1. The van der Waals surface area contributed by atoms with Crippen molar-refractivity contribution in [3.63, 3.8) is 0 Å². The van der Waals surface area contributed by atoms with Crippen LogP contribution in [-0.4, -0.2) is 31.5 Å². The maximum atomic E-state index is 6.05. The first-order valence-electron chi connectivity index (χ1n) is 6.14. The second-order valence-electron chi connectivity index (χ2n) is 5.92. The Hall–Kier alpha value is 0.170. The molecule has 3 nitrogen and oxygen atoms in total. The highest BCUT2D eigenvalue weighted by Gasteiger charge is 2.41. The molecule has 0 aromatic carbocycles. The maximum Gasteiger partial charge on any atom is 0.131 e. The van der Waals surface area contributed by atoms with Crippen molar-refractivity contribution in [2.24, 2.45) is 5.41 Å². The zero-order chi connectivity index (χ0) is 10.9. The minimum Gasteiger partial charge on any atom is -0.359 e. The molecular formula is C12H25ClN2O. The molecule has 2 aliphatic heterocycles. The van der Waals surface area contributed by atoms with Gasteiger partial charge in [-0.1, -0.05) is 20.3 Å². The van der Waals surface area contributed by atoms with E-state index in [0.717, 1.165) is 19.7 Å². The summed E-state index contributed by atoms with van der Waals surface area (Å²) in [5.41, 5.74) is 0.115. The molecule has 0 spiro atoms. The van der Waals surface area contributed by atoms with Gasteiger partial charge < -0.3 is 10.1 Å². The lowest BCUT2D eigenvalue weighted by Crippen LogP contribution is -2.65. The minimum atomic E-state index is -0.157. The molecule has 0 saturated carbocycles. The molecule has 4 heteroatoms. The van der Waals surface area contributed by atoms with Crippen molar-refractivity contribution >= 4 is 12.4 Å². The molecule has 0 aliphatic carbocycles. The molecule has 2 unspecified atom stereocenters. The standard InChI is InChI=1S/C12H24N2O.ClH/c1-11(2)8-14-12(3,15-9-11)10-6-4-5-7-13-10;/h10,13-14H,4-9H2,1-3H3;1H. The molecule has 0 aromatic heterocycles. The highest BCUT2D eigenvalue weighted by molar-refractivity contribution is 5.85. The topological polar surface area (TPSA) is 33.3 Å². The molecule has 2 heterocycles. The molecule has 2 N–H and O–H groups in total. The van der Waals surface area contributed by atoms with E-state index in [1.165, 1.54) is 19.3 Å². The number of halogens is 1. The molecule has 16 heavy (non-hydrogen) atoms. The quantitative estimate of drug-likeness (QED) is 0.744. The average molecular weight is 249 g/mol. The number of piperidine rings is 1. The van der Waals surface area contributed by atoms with Crippen LogP contribution in [0.1, 0.15) is 40.0 Å². The van der Waals surface area contributed by atoms with Gasteiger partial charge in [0.25, 0.3) is 0 Å². The molecule has 2 atom stereocenters. The monoisotopic (exact) mass is 248 g/mol. The van der Waals surface area contributed by atoms with Crippen molar-refractivity contribution in [3.05, 3.63) is 0 Å². The van der Waals surface area contributed by atoms with Crippen LogP contribution in [0.3, 0.4) is 0 Å².